The van der Waals surface area contributed by atoms with E-state index in [1.54, 1.807) is 34.1 Å². The van der Waals surface area contributed by atoms with E-state index in [0.29, 0.717) is 25.9 Å². The molecule has 0 aliphatic carbocycles. The molecule has 0 radical (unpaired) electrons. The molecule has 65 heavy (non-hydrogen) atoms. The highest BCUT2D eigenvalue weighted by Gasteiger charge is 2.29. The average molecular weight is 983 g/mol. The number of piperidine rings is 2. The summed E-state index contributed by atoms with van der Waals surface area (Å²) in [5.74, 6) is -2.82. The number of nitrogens with one attached hydrogen (secondary N) is 5. The van der Waals surface area contributed by atoms with E-state index in [1.165, 1.54) is 24.5 Å². The number of H-pyrrole nitrogens is 2. The Kier molecular flexibility index (Phi) is 18.4. The lowest BCUT2D eigenvalue weighted by molar-refractivity contribution is 0.0191. The predicted octanol–water partition coefficient (Wildman–Crippen LogP) is 8.11. The molecule has 352 valence electrons. The minimum Gasteiger partial charge on any atom is -0.476 e. The van der Waals surface area contributed by atoms with Crippen molar-refractivity contribution in [2.24, 2.45) is 5.73 Å². The van der Waals surface area contributed by atoms with Crippen LogP contribution in [-0.4, -0.2) is 121 Å². The van der Waals surface area contributed by atoms with Gasteiger partial charge in [0.05, 0.1) is 55.0 Å². The van der Waals surface area contributed by atoms with Gasteiger partial charge in [0.15, 0.2) is 5.69 Å². The number of carbonyl (C=O) groups is 6. The Morgan fingerprint density at radius 1 is 0.646 bits per heavy atom. The molecule has 2 aromatic carbocycles. The van der Waals surface area contributed by atoms with Gasteiger partial charge in [-0.1, -0.05) is 58.5 Å². The van der Waals surface area contributed by atoms with Gasteiger partial charge in [-0.25, -0.2) is 14.4 Å². The summed E-state index contributed by atoms with van der Waals surface area (Å²) in [6.45, 7) is 13.5. The van der Waals surface area contributed by atoms with Crippen LogP contribution < -0.4 is 21.7 Å². The number of hydrogen-bond acceptors (Lipinski definition) is 11. The zero-order valence-electron chi connectivity index (χ0n) is 36.5. The van der Waals surface area contributed by atoms with Gasteiger partial charge in [0, 0.05) is 38.3 Å². The van der Waals surface area contributed by atoms with Gasteiger partial charge in [0.1, 0.15) is 16.9 Å². The average Bonchev–Trinajstić information content (AvgIpc) is 3.87. The first-order chi connectivity index (χ1) is 30.4. The second-order valence-electron chi connectivity index (χ2n) is 16.7. The number of nitrogens with two attached hydrogens (primary N) is 1. The van der Waals surface area contributed by atoms with Crippen molar-refractivity contribution < 1.29 is 43.3 Å². The maximum absolute atomic E-state index is 12.8. The molecule has 2 fully saturated rings. The summed E-state index contributed by atoms with van der Waals surface area (Å²) in [6, 6.07) is 9.46. The molecule has 2 aromatic heterocycles. The molecule has 2 aliphatic rings. The number of halogens is 4. The van der Waals surface area contributed by atoms with Crippen LogP contribution in [0, 0.1) is 0 Å². The topological polar surface area (TPSA) is 267 Å². The van der Waals surface area contributed by atoms with Crippen LogP contribution in [0.25, 0.3) is 0 Å². The molecule has 23 heteroatoms. The number of carboxylic acid groups (broad SMARTS) is 1. The van der Waals surface area contributed by atoms with Crippen molar-refractivity contribution in [2.75, 3.05) is 36.8 Å². The number of carbonyl (C=O) groups excluding carboxylic acids is 5. The van der Waals surface area contributed by atoms with Crippen molar-refractivity contribution in [3.8, 4) is 0 Å². The minimum absolute atomic E-state index is 0.0356. The smallest absolute Gasteiger partial charge is 0.410 e. The van der Waals surface area contributed by atoms with E-state index in [0.717, 1.165) is 25.9 Å². The van der Waals surface area contributed by atoms with Crippen molar-refractivity contribution in [2.45, 2.75) is 90.5 Å². The number of carboxylic acids is 1. The van der Waals surface area contributed by atoms with Crippen LogP contribution in [0.2, 0.25) is 20.1 Å². The quantitative estimate of drug-likeness (QED) is 0.0926. The number of amides is 5. The van der Waals surface area contributed by atoms with E-state index in [4.69, 9.17) is 66.7 Å². The second-order valence-corrected chi connectivity index (χ2v) is 18.4. The first-order valence-corrected chi connectivity index (χ1v) is 21.8. The lowest BCUT2D eigenvalue weighted by atomic mass is 10.1. The summed E-state index contributed by atoms with van der Waals surface area (Å²) in [4.78, 5) is 75.4. The molecule has 0 saturated carbocycles. The maximum Gasteiger partial charge on any atom is 0.410 e. The number of aromatic amines is 2. The van der Waals surface area contributed by atoms with E-state index in [1.807, 2.05) is 41.5 Å². The Bertz CT molecular complexity index is 2290. The van der Waals surface area contributed by atoms with Crippen LogP contribution in [0.1, 0.15) is 109 Å². The van der Waals surface area contributed by atoms with E-state index >= 15 is 0 Å². The summed E-state index contributed by atoms with van der Waals surface area (Å²) in [5, 5.41) is 29.8. The third-order valence-corrected chi connectivity index (χ3v) is 10.5. The van der Waals surface area contributed by atoms with Gasteiger partial charge >= 0.3 is 18.2 Å². The van der Waals surface area contributed by atoms with E-state index in [9.17, 15) is 28.8 Å². The van der Waals surface area contributed by atoms with Crippen molar-refractivity contribution in [1.82, 2.24) is 35.5 Å². The summed E-state index contributed by atoms with van der Waals surface area (Å²) in [5.41, 5.74) is 5.08. The lowest BCUT2D eigenvalue weighted by Crippen LogP contribution is -2.47. The third-order valence-electron chi connectivity index (χ3n) is 9.27. The fourth-order valence-corrected chi connectivity index (χ4v) is 7.23. The molecule has 19 nitrogen and oxygen atoms in total. The molecular formula is C42H52Cl4N10O9. The molecule has 2 saturated heterocycles. The summed E-state index contributed by atoms with van der Waals surface area (Å²) >= 11 is 23.9. The zero-order chi connectivity index (χ0) is 48.2. The Morgan fingerprint density at radius 3 is 1.40 bits per heavy atom. The molecule has 2 aliphatic heterocycles. The molecule has 4 heterocycles. The highest BCUT2D eigenvalue weighted by atomic mass is 35.5. The van der Waals surface area contributed by atoms with Gasteiger partial charge in [-0.05, 0) is 91.5 Å². The van der Waals surface area contributed by atoms with Crippen molar-refractivity contribution in [1.29, 1.82) is 0 Å². The number of benzene rings is 2. The number of aromatic carboxylic acids is 1. The molecule has 0 spiro atoms. The number of rotatable bonds is 7. The van der Waals surface area contributed by atoms with Crippen molar-refractivity contribution in [3.63, 3.8) is 0 Å². The van der Waals surface area contributed by atoms with Gasteiger partial charge in [-0.2, -0.15) is 10.2 Å². The zero-order valence-corrected chi connectivity index (χ0v) is 39.5. The maximum atomic E-state index is 12.8. The first-order valence-electron chi connectivity index (χ1n) is 20.3. The van der Waals surface area contributed by atoms with Crippen molar-refractivity contribution >= 4 is 93.7 Å². The van der Waals surface area contributed by atoms with Gasteiger partial charge in [0.2, 0.25) is 0 Å². The van der Waals surface area contributed by atoms with Crippen LogP contribution in [0.3, 0.4) is 0 Å². The standard InChI is InChI=1S/C21H25Cl2N5O4.C11H7Cl2N3O3.C10H20N2O2/c1-21(2,3)32-20(31)28-9-7-12(8-10-28)25-19(30)17-15(11-24-27-17)26-18(29)16-13(22)5-4-6-14(16)23;12-5-2-1-3-6(13)8(5)10(17)15-7-4-14-16-9(7)11(18)19;1-10(2,3)14-9(13)12-6-4-8(11)5-7-12/h4-6,11-12H,7-10H2,1-3H3,(H,24,27)(H,25,30)(H,26,29);1-4H,(H,14,16)(H,15,17)(H,18,19);8H,4-7,11H2,1-3H3. The Hall–Kier alpha value is -5.60. The molecule has 6 rings (SSSR count). The largest absolute Gasteiger partial charge is 0.476 e. The molecule has 4 aromatic rings. The molecule has 0 unspecified atom stereocenters. The number of hydrogen-bond donors (Lipinski definition) is 7. The van der Waals surface area contributed by atoms with E-state index in [2.05, 4.69) is 36.3 Å². The molecule has 5 amide bonds. The summed E-state index contributed by atoms with van der Waals surface area (Å²) in [7, 11) is 0. The molecule has 8 N–H and O–H groups in total. The highest BCUT2D eigenvalue weighted by Crippen LogP contribution is 2.27. The van der Waals surface area contributed by atoms with Crippen LogP contribution in [0.4, 0.5) is 21.0 Å². The number of anilines is 2. The van der Waals surface area contributed by atoms with E-state index in [-0.39, 0.29) is 78.3 Å². The number of aromatic nitrogens is 4. The van der Waals surface area contributed by atoms with Gasteiger partial charge in [0.25, 0.3) is 17.7 Å². The van der Waals surface area contributed by atoms with E-state index < -0.39 is 34.9 Å². The second kappa shape index (κ2) is 23.0. The van der Waals surface area contributed by atoms with Gasteiger partial charge in [-0.3, -0.25) is 24.6 Å². The van der Waals surface area contributed by atoms with Crippen LogP contribution in [-0.2, 0) is 9.47 Å². The Morgan fingerprint density at radius 2 is 1.02 bits per heavy atom. The fraction of sp³-hybridized carbons (Fsp3) is 0.429. The number of ether oxygens (including phenoxy) is 2. The number of likely N-dealkylation sites (tertiary alicyclic amines) is 2. The van der Waals surface area contributed by atoms with Crippen LogP contribution in [0.5, 0.6) is 0 Å². The SMILES string of the molecule is CC(C)(C)OC(=O)N1CCC(N)CC1.CC(C)(C)OC(=O)N1CCC(NC(=O)c2[nH]ncc2NC(=O)c2c(Cl)cccc2Cl)CC1.O=C(O)c1[nH]ncc1NC(=O)c1c(Cl)cccc1Cl. The van der Waals surface area contributed by atoms with Crippen LogP contribution in [0.15, 0.2) is 48.8 Å². The molecule has 0 atom stereocenters. The highest BCUT2D eigenvalue weighted by molar-refractivity contribution is 6.41. The third kappa shape index (κ3) is 15.8. The molecular weight excluding hydrogens is 930 g/mol. The normalized spacial score (nSPS) is 14.4. The van der Waals surface area contributed by atoms with Gasteiger partial charge in [-0.15, -0.1) is 0 Å². The monoisotopic (exact) mass is 980 g/mol. The summed E-state index contributed by atoms with van der Waals surface area (Å²) in [6.07, 6.45) is 4.85. The van der Waals surface area contributed by atoms with Gasteiger partial charge < -0.3 is 46.1 Å². The first kappa shape index (κ1) is 52.0. The Balaban J connectivity index is 0.000000237. The van der Waals surface area contributed by atoms with Crippen LogP contribution >= 0.6 is 46.4 Å². The Labute approximate surface area is 395 Å². The predicted molar refractivity (Wildman–Crippen MR) is 246 cm³/mol. The van der Waals surface area contributed by atoms with Crippen molar-refractivity contribution in [3.05, 3.63) is 91.4 Å². The fourth-order valence-electron chi connectivity index (χ4n) is 6.10. The summed E-state index contributed by atoms with van der Waals surface area (Å²) < 4.78 is 10.6. The lowest BCUT2D eigenvalue weighted by Gasteiger charge is -2.33. The number of nitrogens with zero attached hydrogens (tertiary/aromatic N) is 4. The minimum atomic E-state index is -1.24. The molecule has 0 bridgehead atoms.